The van der Waals surface area contributed by atoms with Crippen molar-refractivity contribution in [2.24, 2.45) is 0 Å². The molecule has 3 nitrogen and oxygen atoms in total. The van der Waals surface area contributed by atoms with E-state index in [1.807, 2.05) is 0 Å². The number of aliphatic hydroxyl groups excluding tert-OH is 1. The zero-order valence-corrected chi connectivity index (χ0v) is 15.7. The van der Waals surface area contributed by atoms with Crippen molar-refractivity contribution >= 4 is 0 Å². The Labute approximate surface area is 149 Å². The van der Waals surface area contributed by atoms with Gasteiger partial charge in [0, 0.05) is 6.61 Å². The van der Waals surface area contributed by atoms with Crippen LogP contribution in [0.1, 0.15) is 72.6 Å². The maximum Gasteiger partial charge on any atom is 1.00 e. The third-order valence-corrected chi connectivity index (χ3v) is 2.70. The van der Waals surface area contributed by atoms with Crippen LogP contribution >= 0.6 is 0 Å². The van der Waals surface area contributed by atoms with Crippen molar-refractivity contribution in [3.63, 3.8) is 0 Å². The van der Waals surface area contributed by atoms with Crippen LogP contribution in [0.15, 0.2) is 25.7 Å². The molecule has 0 aliphatic heterocycles. The van der Waals surface area contributed by atoms with Crippen molar-refractivity contribution in [2.75, 3.05) is 6.61 Å². The Hall–Kier alpha value is 0.200. The van der Waals surface area contributed by atoms with Crippen LogP contribution in [0.2, 0.25) is 0 Å². The van der Waals surface area contributed by atoms with E-state index < -0.39 is 0 Å². The summed E-state index contributed by atoms with van der Waals surface area (Å²) in [5.74, 6) is 0. The molecule has 0 rings (SSSR count). The smallest absolute Gasteiger partial charge is 1.00 e. The zero-order valence-electron chi connectivity index (χ0n) is 14.7. The summed E-state index contributed by atoms with van der Waals surface area (Å²) >= 11 is 0. The predicted octanol–water partition coefficient (Wildman–Crippen LogP) is 1.48. The summed E-state index contributed by atoms with van der Waals surface area (Å²) in [7, 11) is 0. The summed E-state index contributed by atoms with van der Waals surface area (Å²) in [6.07, 6.45) is 15.9. The molecule has 0 radical (unpaired) electrons. The SMILES string of the molecule is C=COC=C.CCCCCCCCCCCCO.O.[H-].[Na+]. The van der Waals surface area contributed by atoms with Gasteiger partial charge >= 0.3 is 29.6 Å². The predicted molar refractivity (Wildman–Crippen MR) is 85.1 cm³/mol. The topological polar surface area (TPSA) is 61.0 Å². The van der Waals surface area contributed by atoms with Gasteiger partial charge in [-0.1, -0.05) is 77.9 Å². The van der Waals surface area contributed by atoms with Crippen LogP contribution in [0.5, 0.6) is 0 Å². The van der Waals surface area contributed by atoms with Crippen LogP contribution in [-0.4, -0.2) is 17.2 Å². The molecule has 0 aliphatic rings. The van der Waals surface area contributed by atoms with Crippen molar-refractivity contribution in [1.82, 2.24) is 0 Å². The Kier molecular flexibility index (Phi) is 44.7. The summed E-state index contributed by atoms with van der Waals surface area (Å²) in [6, 6.07) is 0. The van der Waals surface area contributed by atoms with Crippen molar-refractivity contribution in [1.29, 1.82) is 0 Å². The minimum absolute atomic E-state index is 0. The fourth-order valence-electron chi connectivity index (χ4n) is 1.67. The van der Waals surface area contributed by atoms with E-state index in [2.05, 4.69) is 24.8 Å². The second-order valence-corrected chi connectivity index (χ2v) is 4.38. The monoisotopic (exact) mass is 298 g/mol. The first-order valence-electron chi connectivity index (χ1n) is 7.31. The molecule has 20 heavy (non-hydrogen) atoms. The van der Waals surface area contributed by atoms with Crippen LogP contribution in [0, 0.1) is 0 Å². The van der Waals surface area contributed by atoms with E-state index in [0.717, 1.165) is 6.42 Å². The number of hydrogen-bond donors (Lipinski definition) is 1. The number of rotatable bonds is 12. The average molecular weight is 298 g/mol. The van der Waals surface area contributed by atoms with Crippen molar-refractivity contribution in [3.8, 4) is 0 Å². The van der Waals surface area contributed by atoms with Crippen LogP contribution in [-0.2, 0) is 4.74 Å². The number of unbranched alkanes of at least 4 members (excludes halogenated alkanes) is 9. The molecule has 0 aromatic heterocycles. The zero-order chi connectivity index (χ0) is 13.9. The van der Waals surface area contributed by atoms with E-state index in [9.17, 15) is 0 Å². The van der Waals surface area contributed by atoms with E-state index >= 15 is 0 Å². The van der Waals surface area contributed by atoms with Gasteiger partial charge in [-0.25, -0.2) is 0 Å². The first kappa shape index (κ1) is 28.4. The first-order chi connectivity index (χ1) is 8.83. The standard InChI is InChI=1S/C12H26O.C4H6O.Na.H2O.H/c1-2-3-4-5-6-7-8-9-10-11-12-13;1-3-5-4-2;;;/h13H,2-12H2,1H3;3-4H,1-2H2;;1H2;/q;;+1;;-1. The van der Waals surface area contributed by atoms with Crippen molar-refractivity contribution < 1.29 is 46.3 Å². The van der Waals surface area contributed by atoms with Crippen LogP contribution in [0.3, 0.4) is 0 Å². The Morgan fingerprint density at radius 2 is 1.20 bits per heavy atom. The van der Waals surface area contributed by atoms with Gasteiger partial charge < -0.3 is 16.7 Å². The molecule has 0 aromatic carbocycles. The molecule has 0 atom stereocenters. The molecule has 0 amide bonds. The molecule has 0 saturated carbocycles. The minimum Gasteiger partial charge on any atom is -1.00 e. The first-order valence-corrected chi connectivity index (χ1v) is 7.31. The quantitative estimate of drug-likeness (QED) is 0.337. The molecule has 3 N–H and O–H groups in total. The molecule has 0 spiro atoms. The molecule has 0 bridgehead atoms. The maximum atomic E-state index is 8.57. The fraction of sp³-hybridized carbons (Fsp3) is 0.750. The van der Waals surface area contributed by atoms with Gasteiger partial charge in [-0.3, -0.25) is 0 Å². The molecule has 0 unspecified atom stereocenters. The molecule has 0 aliphatic carbocycles. The number of hydrogen-bond acceptors (Lipinski definition) is 2. The van der Waals surface area contributed by atoms with Gasteiger partial charge in [-0.15, -0.1) is 0 Å². The van der Waals surface area contributed by atoms with E-state index in [1.165, 1.54) is 70.3 Å². The van der Waals surface area contributed by atoms with Crippen LogP contribution in [0.4, 0.5) is 0 Å². The number of ether oxygens (including phenoxy) is 1. The molecule has 0 aromatic rings. The molecule has 118 valence electrons. The van der Waals surface area contributed by atoms with E-state index in [4.69, 9.17) is 5.11 Å². The molecule has 0 fully saturated rings. The normalized spacial score (nSPS) is 8.30. The van der Waals surface area contributed by atoms with Gasteiger partial charge in [-0.2, -0.15) is 0 Å². The van der Waals surface area contributed by atoms with Crippen molar-refractivity contribution in [2.45, 2.75) is 71.1 Å². The van der Waals surface area contributed by atoms with Gasteiger partial charge in [0.2, 0.25) is 0 Å². The summed E-state index contributed by atoms with van der Waals surface area (Å²) in [5.41, 5.74) is 0. The van der Waals surface area contributed by atoms with Crippen molar-refractivity contribution in [3.05, 3.63) is 25.7 Å². The van der Waals surface area contributed by atoms with Gasteiger partial charge in [0.1, 0.15) is 0 Å². The molecule has 0 heterocycles. The summed E-state index contributed by atoms with van der Waals surface area (Å²) in [4.78, 5) is 0. The third kappa shape index (κ3) is 36.2. The molecule has 0 saturated heterocycles. The third-order valence-electron chi connectivity index (χ3n) is 2.70. The van der Waals surface area contributed by atoms with E-state index in [0.29, 0.717) is 6.61 Å². The molecular formula is C16H35NaO3. The fourth-order valence-corrected chi connectivity index (χ4v) is 1.67. The van der Waals surface area contributed by atoms with Gasteiger partial charge in [0.15, 0.2) is 0 Å². The van der Waals surface area contributed by atoms with Crippen LogP contribution < -0.4 is 29.6 Å². The van der Waals surface area contributed by atoms with E-state index in [1.54, 1.807) is 0 Å². The Balaban J connectivity index is -0.0000000933. The Morgan fingerprint density at radius 3 is 1.45 bits per heavy atom. The average Bonchev–Trinajstić information content (AvgIpc) is 2.39. The Morgan fingerprint density at radius 1 is 0.850 bits per heavy atom. The van der Waals surface area contributed by atoms with Gasteiger partial charge in [0.25, 0.3) is 0 Å². The Bertz CT molecular complexity index is 154. The second-order valence-electron chi connectivity index (χ2n) is 4.38. The molecular weight excluding hydrogens is 263 g/mol. The largest absolute Gasteiger partial charge is 1.00 e. The van der Waals surface area contributed by atoms with Gasteiger partial charge in [0.05, 0.1) is 12.5 Å². The van der Waals surface area contributed by atoms with E-state index in [-0.39, 0.29) is 36.5 Å². The second kappa shape index (κ2) is 31.5. The summed E-state index contributed by atoms with van der Waals surface area (Å²) in [5, 5.41) is 8.57. The maximum absolute atomic E-state index is 8.57. The minimum atomic E-state index is 0. The van der Waals surface area contributed by atoms with Gasteiger partial charge in [-0.05, 0) is 6.42 Å². The summed E-state index contributed by atoms with van der Waals surface area (Å²) < 4.78 is 4.36. The number of aliphatic hydroxyl groups is 1. The molecule has 4 heteroatoms. The summed E-state index contributed by atoms with van der Waals surface area (Å²) in [6.45, 7) is 9.14. The van der Waals surface area contributed by atoms with Crippen LogP contribution in [0.25, 0.3) is 0 Å².